The van der Waals surface area contributed by atoms with Crippen molar-refractivity contribution in [1.29, 1.82) is 0 Å². The molecule has 0 aromatic heterocycles. The van der Waals surface area contributed by atoms with Crippen LogP contribution in [0.2, 0.25) is 5.02 Å². The van der Waals surface area contributed by atoms with E-state index in [9.17, 15) is 4.79 Å². The normalized spacial score (nSPS) is 18.3. The number of carbonyl (C=O) groups excluding carboxylic acids is 1. The van der Waals surface area contributed by atoms with Gasteiger partial charge in [-0.05, 0) is 43.9 Å². The fourth-order valence-corrected chi connectivity index (χ4v) is 3.03. The molecule has 0 radical (unpaired) electrons. The highest BCUT2D eigenvalue weighted by Crippen LogP contribution is 2.15. The molecule has 1 atom stereocenters. The molecule has 5 heteroatoms. The Morgan fingerprint density at radius 2 is 2.14 bits per heavy atom. The van der Waals surface area contributed by atoms with Gasteiger partial charge in [-0.2, -0.15) is 0 Å². The first kappa shape index (κ1) is 17.1. The molecule has 1 aliphatic rings. The van der Waals surface area contributed by atoms with Crippen molar-refractivity contribution in [2.75, 3.05) is 26.2 Å². The molecule has 4 nitrogen and oxygen atoms in total. The zero-order chi connectivity index (χ0) is 15.8. The maximum atomic E-state index is 12.1. The van der Waals surface area contributed by atoms with Crippen LogP contribution in [-0.4, -0.2) is 43.2 Å². The SMILES string of the molecule is CCNC(=O)N1CCNCC1CCCCc1ccc(Cl)cc1. The summed E-state index contributed by atoms with van der Waals surface area (Å²) >= 11 is 5.90. The van der Waals surface area contributed by atoms with Crippen LogP contribution in [-0.2, 0) is 6.42 Å². The fourth-order valence-electron chi connectivity index (χ4n) is 2.90. The van der Waals surface area contributed by atoms with Crippen LogP contribution in [0.1, 0.15) is 31.7 Å². The molecule has 1 aliphatic heterocycles. The van der Waals surface area contributed by atoms with E-state index < -0.39 is 0 Å². The average molecular weight is 324 g/mol. The summed E-state index contributed by atoms with van der Waals surface area (Å²) in [7, 11) is 0. The van der Waals surface area contributed by atoms with Crippen LogP contribution in [0.4, 0.5) is 4.79 Å². The number of hydrogen-bond donors (Lipinski definition) is 2. The number of nitrogens with one attached hydrogen (secondary N) is 2. The fraction of sp³-hybridized carbons (Fsp3) is 0.588. The van der Waals surface area contributed by atoms with Crippen LogP contribution in [0.15, 0.2) is 24.3 Å². The van der Waals surface area contributed by atoms with Gasteiger partial charge in [0, 0.05) is 37.2 Å². The zero-order valence-corrected chi connectivity index (χ0v) is 14.0. The van der Waals surface area contributed by atoms with Crippen molar-refractivity contribution in [3.63, 3.8) is 0 Å². The number of piperazine rings is 1. The maximum Gasteiger partial charge on any atom is 0.317 e. The van der Waals surface area contributed by atoms with Crippen molar-refractivity contribution in [3.05, 3.63) is 34.9 Å². The second kappa shape index (κ2) is 9.01. The van der Waals surface area contributed by atoms with Gasteiger partial charge in [-0.25, -0.2) is 4.79 Å². The molecule has 0 saturated carbocycles. The van der Waals surface area contributed by atoms with Crippen molar-refractivity contribution < 1.29 is 4.79 Å². The Morgan fingerprint density at radius 1 is 1.36 bits per heavy atom. The van der Waals surface area contributed by atoms with E-state index >= 15 is 0 Å². The Kier molecular flexibility index (Phi) is 7.00. The van der Waals surface area contributed by atoms with Gasteiger partial charge in [-0.3, -0.25) is 0 Å². The number of halogens is 1. The lowest BCUT2D eigenvalue weighted by Crippen LogP contribution is -2.56. The van der Waals surface area contributed by atoms with Crippen LogP contribution in [0.25, 0.3) is 0 Å². The quantitative estimate of drug-likeness (QED) is 0.790. The molecule has 1 heterocycles. The maximum absolute atomic E-state index is 12.1. The Bertz CT molecular complexity index is 463. The summed E-state index contributed by atoms with van der Waals surface area (Å²) in [6.45, 7) is 5.23. The topological polar surface area (TPSA) is 44.4 Å². The third-order valence-electron chi connectivity index (χ3n) is 4.11. The van der Waals surface area contributed by atoms with E-state index in [0.717, 1.165) is 50.3 Å². The lowest BCUT2D eigenvalue weighted by atomic mass is 10.0. The van der Waals surface area contributed by atoms with Gasteiger partial charge in [0.2, 0.25) is 0 Å². The van der Waals surface area contributed by atoms with Gasteiger partial charge >= 0.3 is 6.03 Å². The third-order valence-corrected chi connectivity index (χ3v) is 4.36. The molecule has 0 bridgehead atoms. The molecule has 22 heavy (non-hydrogen) atoms. The second-order valence-corrected chi connectivity index (χ2v) is 6.20. The average Bonchev–Trinajstić information content (AvgIpc) is 2.54. The first-order chi connectivity index (χ1) is 10.7. The molecule has 1 fully saturated rings. The first-order valence-electron chi connectivity index (χ1n) is 8.20. The largest absolute Gasteiger partial charge is 0.338 e. The predicted octanol–water partition coefficient (Wildman–Crippen LogP) is 3.06. The summed E-state index contributed by atoms with van der Waals surface area (Å²) in [6.07, 6.45) is 4.39. The molecular weight excluding hydrogens is 298 g/mol. The van der Waals surface area contributed by atoms with Gasteiger partial charge in [0.05, 0.1) is 0 Å². The number of carbonyl (C=O) groups is 1. The molecular formula is C17H26ClN3O. The van der Waals surface area contributed by atoms with Gasteiger partial charge in [0.15, 0.2) is 0 Å². The third kappa shape index (κ3) is 5.18. The number of urea groups is 1. The lowest BCUT2D eigenvalue weighted by molar-refractivity contribution is 0.153. The van der Waals surface area contributed by atoms with E-state index in [1.165, 1.54) is 5.56 Å². The minimum Gasteiger partial charge on any atom is -0.338 e. The summed E-state index contributed by atoms with van der Waals surface area (Å²) in [5, 5.41) is 7.09. The van der Waals surface area contributed by atoms with E-state index in [4.69, 9.17) is 11.6 Å². The van der Waals surface area contributed by atoms with Crippen molar-refractivity contribution in [2.45, 2.75) is 38.6 Å². The van der Waals surface area contributed by atoms with Crippen LogP contribution in [0.5, 0.6) is 0 Å². The summed E-state index contributed by atoms with van der Waals surface area (Å²) in [6, 6.07) is 8.45. The van der Waals surface area contributed by atoms with Gasteiger partial charge in [0.1, 0.15) is 0 Å². The lowest BCUT2D eigenvalue weighted by Gasteiger charge is -2.36. The van der Waals surface area contributed by atoms with Crippen LogP contribution in [0, 0.1) is 0 Å². The summed E-state index contributed by atoms with van der Waals surface area (Å²) in [4.78, 5) is 14.1. The molecule has 0 aliphatic carbocycles. The van der Waals surface area contributed by atoms with Crippen LogP contribution in [0.3, 0.4) is 0 Å². The van der Waals surface area contributed by atoms with Crippen molar-refractivity contribution in [3.8, 4) is 0 Å². The van der Waals surface area contributed by atoms with E-state index in [1.807, 2.05) is 24.0 Å². The smallest absolute Gasteiger partial charge is 0.317 e. The number of nitrogens with zero attached hydrogens (tertiary/aromatic N) is 1. The molecule has 1 saturated heterocycles. The number of aryl methyl sites for hydroxylation is 1. The molecule has 2 rings (SSSR count). The molecule has 2 N–H and O–H groups in total. The number of benzene rings is 1. The number of unbranched alkanes of at least 4 members (excludes halogenated alkanes) is 1. The molecule has 1 aromatic rings. The highest BCUT2D eigenvalue weighted by atomic mass is 35.5. The molecule has 122 valence electrons. The number of amides is 2. The summed E-state index contributed by atoms with van der Waals surface area (Å²) < 4.78 is 0. The van der Waals surface area contributed by atoms with E-state index in [1.54, 1.807) is 0 Å². The Hall–Kier alpha value is -1.26. The van der Waals surface area contributed by atoms with Crippen molar-refractivity contribution in [1.82, 2.24) is 15.5 Å². The van der Waals surface area contributed by atoms with Gasteiger partial charge in [-0.15, -0.1) is 0 Å². The second-order valence-electron chi connectivity index (χ2n) is 5.76. The van der Waals surface area contributed by atoms with E-state index in [2.05, 4.69) is 22.8 Å². The minimum atomic E-state index is 0.0756. The zero-order valence-electron chi connectivity index (χ0n) is 13.3. The monoisotopic (exact) mass is 323 g/mol. The Labute approximate surface area is 138 Å². The van der Waals surface area contributed by atoms with Crippen LogP contribution >= 0.6 is 11.6 Å². The minimum absolute atomic E-state index is 0.0756. The number of hydrogen-bond acceptors (Lipinski definition) is 2. The predicted molar refractivity (Wildman–Crippen MR) is 91.4 cm³/mol. The van der Waals surface area contributed by atoms with Crippen molar-refractivity contribution in [2.24, 2.45) is 0 Å². The molecule has 1 aromatic carbocycles. The summed E-state index contributed by atoms with van der Waals surface area (Å²) in [5.41, 5.74) is 1.33. The van der Waals surface area contributed by atoms with Crippen LogP contribution < -0.4 is 10.6 Å². The Balaban J connectivity index is 1.74. The van der Waals surface area contributed by atoms with Crippen molar-refractivity contribution >= 4 is 17.6 Å². The standard InChI is InChI=1S/C17H26ClN3O/c1-2-20-17(22)21-12-11-19-13-16(21)6-4-3-5-14-7-9-15(18)10-8-14/h7-10,16,19H,2-6,11-13H2,1H3,(H,20,22). The van der Waals surface area contributed by atoms with E-state index in [0.29, 0.717) is 12.6 Å². The number of rotatable bonds is 6. The molecule has 2 amide bonds. The Morgan fingerprint density at radius 3 is 2.86 bits per heavy atom. The highest BCUT2D eigenvalue weighted by molar-refractivity contribution is 6.30. The van der Waals surface area contributed by atoms with Gasteiger partial charge in [0.25, 0.3) is 0 Å². The first-order valence-corrected chi connectivity index (χ1v) is 8.58. The van der Waals surface area contributed by atoms with E-state index in [-0.39, 0.29) is 6.03 Å². The van der Waals surface area contributed by atoms with Gasteiger partial charge < -0.3 is 15.5 Å². The van der Waals surface area contributed by atoms with Gasteiger partial charge in [-0.1, -0.05) is 30.2 Å². The molecule has 0 spiro atoms. The highest BCUT2D eigenvalue weighted by Gasteiger charge is 2.25. The summed E-state index contributed by atoms with van der Waals surface area (Å²) in [5.74, 6) is 0. The molecule has 1 unspecified atom stereocenters.